The zero-order valence-corrected chi connectivity index (χ0v) is 35.8. The molecule has 3 aliphatic rings. The highest BCUT2D eigenvalue weighted by Gasteiger charge is 2.44. The van der Waals surface area contributed by atoms with Gasteiger partial charge in [-0.2, -0.15) is 4.58 Å². The van der Waals surface area contributed by atoms with Gasteiger partial charge in [0.1, 0.15) is 6.54 Å². The number of hydrogen-bond acceptors (Lipinski definition) is 3. The summed E-state index contributed by atoms with van der Waals surface area (Å²) in [4.78, 5) is 27.0. The van der Waals surface area contributed by atoms with Gasteiger partial charge in [-0.1, -0.05) is 80.4 Å². The molecule has 2 aromatic rings. The van der Waals surface area contributed by atoms with E-state index in [4.69, 9.17) is 11.6 Å². The molecule has 2 N–H and O–H groups in total. The van der Waals surface area contributed by atoms with Gasteiger partial charge in [0.2, 0.25) is 17.5 Å². The van der Waals surface area contributed by atoms with Gasteiger partial charge in [-0.25, -0.2) is 0 Å². The lowest BCUT2D eigenvalue weighted by molar-refractivity contribution is -0.438. The van der Waals surface area contributed by atoms with E-state index in [0.717, 1.165) is 69.5 Å². The van der Waals surface area contributed by atoms with E-state index < -0.39 is 0 Å². The fourth-order valence-corrected chi connectivity index (χ4v) is 8.79. The smallest absolute Gasteiger partial charge is 0.220 e. The molecule has 0 saturated carbocycles. The maximum Gasteiger partial charge on any atom is 0.220 e. The number of halogens is 1. The van der Waals surface area contributed by atoms with Crippen molar-refractivity contribution in [3.8, 4) is 0 Å². The number of carbonyl (C=O) groups excluding carboxylic acids is 2. The van der Waals surface area contributed by atoms with E-state index in [1.165, 1.54) is 45.1 Å². The van der Waals surface area contributed by atoms with Crippen LogP contribution in [-0.2, 0) is 20.4 Å². The van der Waals surface area contributed by atoms with Crippen molar-refractivity contribution in [2.45, 2.75) is 149 Å². The normalized spacial score (nSPS) is 19.0. The fraction of sp³-hybridized carbons (Fsp3) is 0.521. The van der Waals surface area contributed by atoms with E-state index in [1.54, 1.807) is 0 Å². The molecule has 2 aromatic carbocycles. The highest BCUT2D eigenvalue weighted by atomic mass is 35.5. The summed E-state index contributed by atoms with van der Waals surface area (Å²) in [5, 5.41) is 6.95. The van der Waals surface area contributed by atoms with Gasteiger partial charge in [0.15, 0.2) is 5.71 Å². The summed E-state index contributed by atoms with van der Waals surface area (Å²) in [6.45, 7) is 21.2. The van der Waals surface area contributed by atoms with Crippen LogP contribution in [0.3, 0.4) is 0 Å². The van der Waals surface area contributed by atoms with Crippen LogP contribution in [0.1, 0.15) is 138 Å². The van der Waals surface area contributed by atoms with Crippen molar-refractivity contribution < 1.29 is 14.2 Å². The third-order valence-electron chi connectivity index (χ3n) is 11.2. The number of fused-ring (bicyclic) bond motifs is 2. The molecule has 5 rings (SSSR count). The lowest BCUT2D eigenvalue weighted by Crippen LogP contribution is -2.40. The number of para-hydroxylation sites is 2. The number of amides is 2. The van der Waals surface area contributed by atoms with Gasteiger partial charge in [-0.15, -0.1) is 0 Å². The molecule has 0 spiro atoms. The van der Waals surface area contributed by atoms with Crippen LogP contribution < -0.4 is 15.5 Å². The number of hydrogen-bond donors (Lipinski definition) is 2. The maximum atomic E-state index is 12.4. The van der Waals surface area contributed by atoms with Crippen molar-refractivity contribution in [3.05, 3.63) is 106 Å². The van der Waals surface area contributed by atoms with Gasteiger partial charge in [0.25, 0.3) is 0 Å². The number of nitrogens with zero attached hydrogens (tertiary/aromatic N) is 2. The third-order valence-corrected chi connectivity index (χ3v) is 11.7. The number of carbonyl (C=O) groups is 2. The lowest BCUT2D eigenvalue weighted by atomic mass is 9.81. The summed E-state index contributed by atoms with van der Waals surface area (Å²) in [5.74, 6) is 0.274. The van der Waals surface area contributed by atoms with Crippen LogP contribution in [0, 0.1) is 0 Å². The standard InChI is InChI=1S/C48H65ClN4O2/c1-34(2)50-43(54)24-12-10-18-32-52-39-22-16-14-20-37(39)47(6,7)41(52)30-28-35-26-27-36(45(35)49)29-31-42-48(8,9)38-21-15-17-23-40(38)53(42)33-19-11-13-25-44(55)51-46(3,4)5/h14-17,20-23,28-31,34H,10-13,18-19,24-27,32-33H2,1-9H3,(H-,50,51,54,55)/p+1. The Morgan fingerprint density at radius 2 is 1.47 bits per heavy atom. The molecule has 7 heteroatoms. The Morgan fingerprint density at radius 3 is 2.18 bits per heavy atom. The average molecular weight is 767 g/mol. The molecule has 2 aliphatic heterocycles. The highest BCUT2D eigenvalue weighted by molar-refractivity contribution is 6.33. The van der Waals surface area contributed by atoms with Crippen LogP contribution >= 0.6 is 11.6 Å². The van der Waals surface area contributed by atoms with Crippen LogP contribution in [0.15, 0.2) is 94.7 Å². The first-order chi connectivity index (χ1) is 26.0. The predicted octanol–water partition coefficient (Wildman–Crippen LogP) is 11.1. The summed E-state index contributed by atoms with van der Waals surface area (Å²) in [5.41, 5.74) is 9.73. The second-order valence-corrected chi connectivity index (χ2v) is 18.4. The Bertz CT molecular complexity index is 1880. The Labute approximate surface area is 336 Å². The van der Waals surface area contributed by atoms with Gasteiger partial charge in [-0.05, 0) is 116 Å². The Hall–Kier alpha value is -3.90. The first kappa shape index (κ1) is 42.2. The molecule has 2 heterocycles. The molecule has 0 bridgehead atoms. The van der Waals surface area contributed by atoms with Gasteiger partial charge in [-0.3, -0.25) is 9.59 Å². The molecule has 55 heavy (non-hydrogen) atoms. The SMILES string of the molecule is CC(C)NC(=O)CCCCCN1C(=CC=C2CCC(C=CC3=[N+](CCCCCC(=O)NC(C)(C)C)c4ccccc4C3(C)C)=C2Cl)C(C)(C)c2ccccc21. The molecule has 0 saturated heterocycles. The summed E-state index contributed by atoms with van der Waals surface area (Å²) in [7, 11) is 0. The van der Waals surface area contributed by atoms with Crippen molar-refractivity contribution in [2.24, 2.45) is 0 Å². The fourth-order valence-electron chi connectivity index (χ4n) is 8.47. The largest absolute Gasteiger partial charge is 0.354 e. The number of nitrogens with one attached hydrogen (secondary N) is 2. The zero-order chi connectivity index (χ0) is 40.0. The second kappa shape index (κ2) is 17.9. The third kappa shape index (κ3) is 10.3. The van der Waals surface area contributed by atoms with E-state index >= 15 is 0 Å². The van der Waals surface area contributed by atoms with Crippen molar-refractivity contribution >= 4 is 40.5 Å². The molecule has 1 aliphatic carbocycles. The lowest BCUT2D eigenvalue weighted by Gasteiger charge is -2.27. The Balaban J connectivity index is 1.31. The van der Waals surface area contributed by atoms with Gasteiger partial charge < -0.3 is 15.5 Å². The minimum atomic E-state index is -0.195. The van der Waals surface area contributed by atoms with Crippen molar-refractivity contribution in [2.75, 3.05) is 18.0 Å². The number of anilines is 1. The molecule has 0 atom stereocenters. The minimum absolute atomic E-state index is 0.132. The number of unbranched alkanes of at least 4 members (excludes halogenated alkanes) is 4. The minimum Gasteiger partial charge on any atom is -0.354 e. The number of rotatable bonds is 16. The number of benzene rings is 2. The van der Waals surface area contributed by atoms with Crippen LogP contribution in [0.2, 0.25) is 0 Å². The molecule has 0 radical (unpaired) electrons. The summed E-state index contributed by atoms with van der Waals surface area (Å²) in [6, 6.07) is 17.7. The number of allylic oxidation sites excluding steroid dienone is 8. The van der Waals surface area contributed by atoms with E-state index in [2.05, 4.69) is 121 Å². The Kier molecular flexibility index (Phi) is 13.8. The molecule has 0 aromatic heterocycles. The highest BCUT2D eigenvalue weighted by Crippen LogP contribution is 2.48. The summed E-state index contributed by atoms with van der Waals surface area (Å²) >= 11 is 7.20. The van der Waals surface area contributed by atoms with Gasteiger partial charge >= 0.3 is 0 Å². The quantitative estimate of drug-likeness (QED) is 0.132. The first-order valence-corrected chi connectivity index (χ1v) is 21.1. The topological polar surface area (TPSA) is 64.5 Å². The Morgan fingerprint density at radius 1 is 0.818 bits per heavy atom. The van der Waals surface area contributed by atoms with Gasteiger partial charge in [0, 0.05) is 76.9 Å². The van der Waals surface area contributed by atoms with Crippen LogP contribution in [-0.4, -0.2) is 46.8 Å². The monoisotopic (exact) mass is 765 g/mol. The molecular formula is C48H66ClN4O2+. The predicted molar refractivity (Wildman–Crippen MR) is 232 cm³/mol. The van der Waals surface area contributed by atoms with E-state index in [9.17, 15) is 9.59 Å². The average Bonchev–Trinajstić information content (AvgIpc) is 3.64. The van der Waals surface area contributed by atoms with E-state index in [1.807, 2.05) is 34.6 Å². The molecule has 0 unspecified atom stereocenters. The van der Waals surface area contributed by atoms with Crippen LogP contribution in [0.25, 0.3) is 0 Å². The zero-order valence-electron chi connectivity index (χ0n) is 35.1. The molecule has 6 nitrogen and oxygen atoms in total. The molecule has 2 amide bonds. The maximum absolute atomic E-state index is 12.4. The van der Waals surface area contributed by atoms with Crippen LogP contribution in [0.4, 0.5) is 11.4 Å². The second-order valence-electron chi connectivity index (χ2n) is 18.0. The van der Waals surface area contributed by atoms with E-state index in [-0.39, 0.29) is 34.2 Å². The van der Waals surface area contributed by atoms with Crippen molar-refractivity contribution in [1.29, 1.82) is 0 Å². The first-order valence-electron chi connectivity index (χ1n) is 20.7. The molecule has 0 fully saturated rings. The summed E-state index contributed by atoms with van der Waals surface area (Å²) < 4.78 is 2.49. The van der Waals surface area contributed by atoms with Gasteiger partial charge in [0.05, 0.1) is 5.41 Å². The summed E-state index contributed by atoms with van der Waals surface area (Å²) in [6.07, 6.45) is 17.9. The molecule has 296 valence electrons. The van der Waals surface area contributed by atoms with Crippen LogP contribution in [0.5, 0.6) is 0 Å². The van der Waals surface area contributed by atoms with Crippen molar-refractivity contribution in [3.63, 3.8) is 0 Å². The van der Waals surface area contributed by atoms with Crippen molar-refractivity contribution in [1.82, 2.24) is 10.6 Å². The molecular weight excluding hydrogens is 700 g/mol. The van der Waals surface area contributed by atoms with E-state index in [0.29, 0.717) is 12.8 Å².